The van der Waals surface area contributed by atoms with Gasteiger partial charge in [-0.15, -0.1) is 0 Å². The van der Waals surface area contributed by atoms with Crippen molar-refractivity contribution in [1.82, 2.24) is 19.5 Å². The normalized spacial score (nSPS) is 31.1. The molecule has 1 aliphatic heterocycles. The van der Waals surface area contributed by atoms with Crippen LogP contribution < -0.4 is 11.3 Å². The highest BCUT2D eigenvalue weighted by atomic mass is 16.6. The number of imidazole rings is 1. The number of H-pyrrole nitrogens is 1. The fraction of sp³-hybridized carbons (Fsp3) is 0.533. The van der Waals surface area contributed by atoms with Gasteiger partial charge in [0.25, 0.3) is 0 Å². The number of aromatic amines is 1. The number of rotatable bonds is 2. The van der Waals surface area contributed by atoms with Gasteiger partial charge in [0.2, 0.25) is 5.49 Å². The SMILES string of the molecule is NN=c1nc[nH]c2c1ncn2[C@@H]1O[C@H](C(O)C#CC2CC2)[C@@H](O)[C@H]1O. The molecule has 0 amide bonds. The Bertz CT molecular complexity index is 908. The van der Waals surface area contributed by atoms with Gasteiger partial charge in [-0.3, -0.25) is 4.57 Å². The van der Waals surface area contributed by atoms with Crippen LogP contribution in [0, 0.1) is 17.8 Å². The number of aliphatic hydroxyl groups is 3. The lowest BCUT2D eigenvalue weighted by molar-refractivity contribution is -0.0674. The topological polar surface area (TPSA) is 155 Å². The first kappa shape index (κ1) is 16.0. The minimum atomic E-state index is -1.29. The van der Waals surface area contributed by atoms with Crippen molar-refractivity contribution in [2.45, 2.75) is 43.5 Å². The van der Waals surface area contributed by atoms with Crippen LogP contribution in [0.5, 0.6) is 0 Å². The molecule has 2 fully saturated rings. The van der Waals surface area contributed by atoms with Crippen molar-refractivity contribution in [3.05, 3.63) is 18.1 Å². The number of hydrogen-bond donors (Lipinski definition) is 5. The van der Waals surface area contributed by atoms with E-state index in [-0.39, 0.29) is 5.49 Å². The van der Waals surface area contributed by atoms with Crippen LogP contribution in [0.2, 0.25) is 0 Å². The van der Waals surface area contributed by atoms with E-state index in [0.717, 1.165) is 12.8 Å². The molecule has 0 radical (unpaired) electrons. The molecule has 10 heteroatoms. The summed E-state index contributed by atoms with van der Waals surface area (Å²) in [6.45, 7) is 0. The Morgan fingerprint density at radius 2 is 2.16 bits per heavy atom. The second-order valence-electron chi connectivity index (χ2n) is 6.18. The predicted octanol–water partition coefficient (Wildman–Crippen LogP) is -2.07. The zero-order valence-electron chi connectivity index (χ0n) is 13.1. The van der Waals surface area contributed by atoms with Gasteiger partial charge in [0.05, 0.1) is 12.7 Å². The third-order valence-corrected chi connectivity index (χ3v) is 4.39. The smallest absolute Gasteiger partial charge is 0.202 e. The molecule has 2 aliphatic rings. The number of fused-ring (bicyclic) bond motifs is 1. The van der Waals surface area contributed by atoms with Crippen LogP contribution in [-0.4, -0.2) is 59.3 Å². The van der Waals surface area contributed by atoms with Gasteiger partial charge in [0.1, 0.15) is 30.1 Å². The monoisotopic (exact) mass is 346 g/mol. The van der Waals surface area contributed by atoms with E-state index in [1.54, 1.807) is 0 Å². The number of nitrogens with one attached hydrogen (secondary N) is 1. The van der Waals surface area contributed by atoms with Gasteiger partial charge in [-0.2, -0.15) is 5.10 Å². The second-order valence-corrected chi connectivity index (χ2v) is 6.18. The summed E-state index contributed by atoms with van der Waals surface area (Å²) in [6, 6.07) is 0. The van der Waals surface area contributed by atoms with Crippen LogP contribution in [0.3, 0.4) is 0 Å². The number of ether oxygens (including phenoxy) is 1. The molecule has 1 saturated heterocycles. The number of nitrogens with two attached hydrogens (primary N) is 1. The molecular formula is C15H18N6O4. The summed E-state index contributed by atoms with van der Waals surface area (Å²) in [5.74, 6) is 11.2. The summed E-state index contributed by atoms with van der Waals surface area (Å²) >= 11 is 0. The van der Waals surface area contributed by atoms with Crippen molar-refractivity contribution in [3.63, 3.8) is 0 Å². The largest absolute Gasteiger partial charge is 0.387 e. The minimum Gasteiger partial charge on any atom is -0.387 e. The Morgan fingerprint density at radius 1 is 1.36 bits per heavy atom. The molecule has 1 saturated carbocycles. The first-order chi connectivity index (χ1) is 12.1. The van der Waals surface area contributed by atoms with E-state index in [1.165, 1.54) is 17.2 Å². The van der Waals surface area contributed by atoms with Gasteiger partial charge in [-0.1, -0.05) is 11.8 Å². The van der Waals surface area contributed by atoms with E-state index < -0.39 is 30.6 Å². The average molecular weight is 346 g/mol. The van der Waals surface area contributed by atoms with Crippen LogP contribution in [0.25, 0.3) is 11.2 Å². The molecule has 1 aliphatic carbocycles. The Hall–Kier alpha value is -2.45. The number of nitrogens with zero attached hydrogens (tertiary/aromatic N) is 4. The van der Waals surface area contributed by atoms with E-state index in [0.29, 0.717) is 17.1 Å². The maximum Gasteiger partial charge on any atom is 0.202 e. The molecule has 0 aromatic carbocycles. The van der Waals surface area contributed by atoms with Gasteiger partial charge < -0.3 is 30.9 Å². The fourth-order valence-electron chi connectivity index (χ4n) is 2.86. The van der Waals surface area contributed by atoms with Crippen LogP contribution >= 0.6 is 0 Å². The zero-order valence-corrected chi connectivity index (χ0v) is 13.1. The van der Waals surface area contributed by atoms with Gasteiger partial charge in [0, 0.05) is 5.92 Å². The van der Waals surface area contributed by atoms with Gasteiger partial charge in [-0.05, 0) is 12.8 Å². The highest BCUT2D eigenvalue weighted by molar-refractivity contribution is 5.68. The molecule has 1 unspecified atom stereocenters. The number of aromatic nitrogens is 4. The van der Waals surface area contributed by atoms with Crippen molar-refractivity contribution < 1.29 is 20.1 Å². The van der Waals surface area contributed by atoms with E-state index in [2.05, 4.69) is 31.9 Å². The van der Waals surface area contributed by atoms with Crippen LogP contribution in [0.15, 0.2) is 17.8 Å². The molecule has 5 atom stereocenters. The maximum absolute atomic E-state index is 10.4. The lowest BCUT2D eigenvalue weighted by Crippen LogP contribution is -2.38. The quantitative estimate of drug-likeness (QED) is 0.238. The Kier molecular flexibility index (Phi) is 3.93. The third kappa shape index (κ3) is 2.77. The summed E-state index contributed by atoms with van der Waals surface area (Å²) in [5.41, 5.74) is 1.09. The van der Waals surface area contributed by atoms with E-state index in [9.17, 15) is 15.3 Å². The Balaban J connectivity index is 1.64. The molecule has 10 nitrogen and oxygen atoms in total. The highest BCUT2D eigenvalue weighted by Gasteiger charge is 2.47. The lowest BCUT2D eigenvalue weighted by atomic mass is 10.1. The van der Waals surface area contributed by atoms with E-state index in [4.69, 9.17) is 10.6 Å². The average Bonchev–Trinajstić information content (AvgIpc) is 3.29. The molecule has 0 bridgehead atoms. The zero-order chi connectivity index (χ0) is 17.6. The molecule has 132 valence electrons. The molecule has 2 aromatic heterocycles. The summed E-state index contributed by atoms with van der Waals surface area (Å²) in [6.07, 6.45) is -0.857. The first-order valence-corrected chi connectivity index (χ1v) is 7.95. The second kappa shape index (κ2) is 6.12. The van der Waals surface area contributed by atoms with Crippen LogP contribution in [0.4, 0.5) is 0 Å². The Labute approximate surface area is 142 Å². The van der Waals surface area contributed by atoms with Crippen molar-refractivity contribution in [1.29, 1.82) is 0 Å². The molecule has 4 rings (SSSR count). The lowest BCUT2D eigenvalue weighted by Gasteiger charge is -2.17. The van der Waals surface area contributed by atoms with Crippen LogP contribution in [0.1, 0.15) is 19.1 Å². The molecular weight excluding hydrogens is 328 g/mol. The highest BCUT2D eigenvalue weighted by Crippen LogP contribution is 2.33. The summed E-state index contributed by atoms with van der Waals surface area (Å²) in [4.78, 5) is 11.0. The van der Waals surface area contributed by atoms with Gasteiger partial charge in [0.15, 0.2) is 11.7 Å². The number of aliphatic hydroxyl groups excluding tert-OH is 3. The minimum absolute atomic E-state index is 0.229. The fourth-order valence-corrected chi connectivity index (χ4v) is 2.86. The third-order valence-electron chi connectivity index (χ3n) is 4.39. The van der Waals surface area contributed by atoms with Gasteiger partial charge in [-0.25, -0.2) is 9.97 Å². The molecule has 6 N–H and O–H groups in total. The van der Waals surface area contributed by atoms with Crippen molar-refractivity contribution in [3.8, 4) is 11.8 Å². The standard InChI is InChI=1S/C15H18N6O4/c16-20-13-9-14(18-5-17-13)21(6-19-9)15-11(24)10(23)12(25-15)8(22)4-3-7-1-2-7/h5-8,10-12,15,22-24H,1-2,16H2,(H,17,18,20)/t8?,10-,11+,12+,15+/m0/s1. The van der Waals surface area contributed by atoms with Crippen LogP contribution in [-0.2, 0) is 4.74 Å². The summed E-state index contributed by atoms with van der Waals surface area (Å²) < 4.78 is 7.20. The van der Waals surface area contributed by atoms with E-state index >= 15 is 0 Å². The van der Waals surface area contributed by atoms with E-state index in [1.807, 2.05) is 0 Å². The first-order valence-electron chi connectivity index (χ1n) is 7.95. The molecule has 25 heavy (non-hydrogen) atoms. The maximum atomic E-state index is 10.4. The molecule has 2 aromatic rings. The molecule has 0 spiro atoms. The van der Waals surface area contributed by atoms with Crippen molar-refractivity contribution in [2.24, 2.45) is 16.9 Å². The predicted molar refractivity (Wildman–Crippen MR) is 84.1 cm³/mol. The summed E-state index contributed by atoms with van der Waals surface area (Å²) in [5, 5.41) is 34.3. The molecule has 3 heterocycles. The number of hydrogen-bond acceptors (Lipinski definition) is 8. The van der Waals surface area contributed by atoms with Crippen molar-refractivity contribution in [2.75, 3.05) is 0 Å². The van der Waals surface area contributed by atoms with Gasteiger partial charge >= 0.3 is 0 Å². The van der Waals surface area contributed by atoms with Crippen molar-refractivity contribution >= 4 is 11.2 Å². The Morgan fingerprint density at radius 3 is 2.88 bits per heavy atom. The summed E-state index contributed by atoms with van der Waals surface area (Å²) in [7, 11) is 0.